The van der Waals surface area contributed by atoms with Crippen LogP contribution < -0.4 is 5.73 Å². The number of aryl methyl sites for hydroxylation is 1. The second-order valence-corrected chi connectivity index (χ2v) is 6.41. The van der Waals surface area contributed by atoms with E-state index in [0.29, 0.717) is 5.56 Å². The molecule has 1 aromatic heterocycles. The number of carbonyl (C=O) groups excluding carboxylic acids is 1. The molecule has 24 heavy (non-hydrogen) atoms. The fraction of sp³-hybridized carbons (Fsp3) is 0.421. The van der Waals surface area contributed by atoms with Crippen LogP contribution in [0.4, 0.5) is 0 Å². The summed E-state index contributed by atoms with van der Waals surface area (Å²) in [5.41, 5.74) is 8.51. The van der Waals surface area contributed by atoms with Crippen molar-refractivity contribution in [3.8, 4) is 6.07 Å². The number of amides is 1. The van der Waals surface area contributed by atoms with E-state index < -0.39 is 0 Å². The third-order valence-electron chi connectivity index (χ3n) is 4.82. The Bertz CT molecular complexity index is 758. The van der Waals surface area contributed by atoms with Crippen LogP contribution in [0.5, 0.6) is 0 Å². The standard InChI is InChI=1S/C19H23N4O/c20-12-14-7-8-17-16(11-14)15(13-22-17)5-1-3-9-23-10-4-2-6-18(23)19(21)24/h2,7-8,11,13,18,22H,1,3-6,9-10H2,(H2,21,24). The number of nitriles is 1. The van der Waals surface area contributed by atoms with Crippen molar-refractivity contribution in [1.29, 1.82) is 5.26 Å². The van der Waals surface area contributed by atoms with Gasteiger partial charge in [0.2, 0.25) is 5.91 Å². The molecule has 1 unspecified atom stereocenters. The Kier molecular flexibility index (Phi) is 5.17. The summed E-state index contributed by atoms with van der Waals surface area (Å²) >= 11 is 0. The van der Waals surface area contributed by atoms with Crippen LogP contribution >= 0.6 is 0 Å². The van der Waals surface area contributed by atoms with Crippen LogP contribution in [0.3, 0.4) is 0 Å². The van der Waals surface area contributed by atoms with Crippen molar-refractivity contribution >= 4 is 16.8 Å². The lowest BCUT2D eigenvalue weighted by Gasteiger charge is -2.33. The highest BCUT2D eigenvalue weighted by Gasteiger charge is 2.26. The average Bonchev–Trinajstić information content (AvgIpc) is 3.01. The van der Waals surface area contributed by atoms with Gasteiger partial charge in [-0.3, -0.25) is 9.69 Å². The SMILES string of the molecule is N#Cc1ccc2[nH]cc(CCCCN3CC[CH]CC3C(N)=O)c2c1. The van der Waals surface area contributed by atoms with Gasteiger partial charge in [0.15, 0.2) is 0 Å². The van der Waals surface area contributed by atoms with Gasteiger partial charge in [0.05, 0.1) is 17.7 Å². The number of carbonyl (C=O) groups is 1. The van der Waals surface area contributed by atoms with Crippen molar-refractivity contribution < 1.29 is 4.79 Å². The second kappa shape index (κ2) is 7.50. The number of hydrogen-bond donors (Lipinski definition) is 2. The first-order valence-corrected chi connectivity index (χ1v) is 8.54. The number of nitrogens with one attached hydrogen (secondary N) is 1. The minimum atomic E-state index is -0.216. The average molecular weight is 323 g/mol. The van der Waals surface area contributed by atoms with E-state index in [1.165, 1.54) is 5.56 Å². The van der Waals surface area contributed by atoms with E-state index in [4.69, 9.17) is 11.0 Å². The van der Waals surface area contributed by atoms with Crippen molar-refractivity contribution in [1.82, 2.24) is 9.88 Å². The molecule has 1 fully saturated rings. The number of nitrogens with zero attached hydrogens (tertiary/aromatic N) is 2. The number of H-pyrrole nitrogens is 1. The summed E-state index contributed by atoms with van der Waals surface area (Å²) in [6.45, 7) is 1.83. The minimum Gasteiger partial charge on any atom is -0.368 e. The number of aromatic amines is 1. The van der Waals surface area contributed by atoms with Gasteiger partial charge >= 0.3 is 0 Å². The number of likely N-dealkylation sites (tertiary alicyclic amines) is 1. The maximum atomic E-state index is 11.5. The zero-order valence-electron chi connectivity index (χ0n) is 13.8. The molecular weight excluding hydrogens is 300 g/mol. The van der Waals surface area contributed by atoms with Crippen molar-refractivity contribution in [2.75, 3.05) is 13.1 Å². The smallest absolute Gasteiger partial charge is 0.234 e. The molecule has 2 heterocycles. The van der Waals surface area contributed by atoms with Crippen LogP contribution in [0.2, 0.25) is 0 Å². The molecule has 1 atom stereocenters. The predicted octanol–water partition coefficient (Wildman–Crippen LogP) is 2.52. The third kappa shape index (κ3) is 3.60. The number of hydrogen-bond acceptors (Lipinski definition) is 3. The molecule has 1 radical (unpaired) electrons. The van der Waals surface area contributed by atoms with Gasteiger partial charge in [-0.2, -0.15) is 5.26 Å². The molecular formula is C19H23N4O. The topological polar surface area (TPSA) is 85.9 Å². The van der Waals surface area contributed by atoms with Crippen molar-refractivity contribution in [3.63, 3.8) is 0 Å². The number of rotatable bonds is 6. The van der Waals surface area contributed by atoms with Crippen LogP contribution in [0.25, 0.3) is 10.9 Å². The largest absolute Gasteiger partial charge is 0.368 e. The molecule has 0 saturated carbocycles. The molecule has 0 aliphatic carbocycles. The zero-order valence-corrected chi connectivity index (χ0v) is 13.8. The maximum absolute atomic E-state index is 11.5. The summed E-state index contributed by atoms with van der Waals surface area (Å²) in [5.74, 6) is -0.216. The maximum Gasteiger partial charge on any atom is 0.234 e. The molecule has 0 bridgehead atoms. The van der Waals surface area contributed by atoms with Crippen LogP contribution in [-0.2, 0) is 11.2 Å². The molecule has 1 amide bonds. The highest BCUT2D eigenvalue weighted by atomic mass is 16.1. The summed E-state index contributed by atoms with van der Waals surface area (Å²) in [5, 5.41) is 10.2. The fourth-order valence-electron chi connectivity index (χ4n) is 3.49. The summed E-state index contributed by atoms with van der Waals surface area (Å²) in [6.07, 6.45) is 9.05. The zero-order chi connectivity index (χ0) is 16.9. The second-order valence-electron chi connectivity index (χ2n) is 6.41. The van der Waals surface area contributed by atoms with Gasteiger partial charge in [-0.05, 0) is 75.4 Å². The highest BCUT2D eigenvalue weighted by Crippen LogP contribution is 2.22. The molecule has 0 spiro atoms. The van der Waals surface area contributed by atoms with Gasteiger partial charge in [-0.25, -0.2) is 0 Å². The normalized spacial score (nSPS) is 18.5. The van der Waals surface area contributed by atoms with E-state index in [-0.39, 0.29) is 11.9 Å². The Morgan fingerprint density at radius 2 is 2.29 bits per heavy atom. The number of primary amides is 1. The summed E-state index contributed by atoms with van der Waals surface area (Å²) in [6, 6.07) is 7.80. The molecule has 5 heteroatoms. The van der Waals surface area contributed by atoms with Crippen LogP contribution in [-0.4, -0.2) is 34.9 Å². The lowest BCUT2D eigenvalue weighted by Crippen LogP contribution is -2.48. The van der Waals surface area contributed by atoms with E-state index in [1.807, 2.05) is 24.4 Å². The number of unbranched alkanes of at least 4 members (excludes halogenated alkanes) is 1. The minimum absolute atomic E-state index is 0.134. The molecule has 1 aliphatic heterocycles. The summed E-state index contributed by atoms with van der Waals surface area (Å²) < 4.78 is 0. The Morgan fingerprint density at radius 3 is 3.08 bits per heavy atom. The predicted molar refractivity (Wildman–Crippen MR) is 94.0 cm³/mol. The van der Waals surface area contributed by atoms with E-state index in [2.05, 4.69) is 22.4 Å². The van der Waals surface area contributed by atoms with E-state index in [1.54, 1.807) is 0 Å². The van der Waals surface area contributed by atoms with E-state index in [0.717, 1.165) is 56.1 Å². The van der Waals surface area contributed by atoms with Crippen molar-refractivity contribution in [2.45, 2.75) is 38.1 Å². The van der Waals surface area contributed by atoms with Gasteiger partial charge in [-0.15, -0.1) is 0 Å². The van der Waals surface area contributed by atoms with Gasteiger partial charge in [0.1, 0.15) is 0 Å². The summed E-state index contributed by atoms with van der Waals surface area (Å²) in [4.78, 5) is 17.0. The molecule has 5 nitrogen and oxygen atoms in total. The molecule has 125 valence electrons. The van der Waals surface area contributed by atoms with Gasteiger partial charge < -0.3 is 10.7 Å². The Morgan fingerprint density at radius 1 is 1.42 bits per heavy atom. The van der Waals surface area contributed by atoms with E-state index in [9.17, 15) is 4.79 Å². The lowest BCUT2D eigenvalue weighted by atomic mass is 10.0. The highest BCUT2D eigenvalue weighted by molar-refractivity contribution is 5.84. The Labute approximate surface area is 142 Å². The van der Waals surface area contributed by atoms with E-state index >= 15 is 0 Å². The molecule has 3 rings (SSSR count). The number of fused-ring (bicyclic) bond motifs is 1. The Hall–Kier alpha value is -2.32. The number of nitrogens with two attached hydrogens (primary N) is 1. The molecule has 1 aromatic carbocycles. The Balaban J connectivity index is 1.55. The van der Waals surface area contributed by atoms with Crippen molar-refractivity contribution in [3.05, 3.63) is 41.9 Å². The molecule has 1 saturated heterocycles. The first-order chi connectivity index (χ1) is 11.7. The van der Waals surface area contributed by atoms with Crippen molar-refractivity contribution in [2.24, 2.45) is 5.73 Å². The van der Waals surface area contributed by atoms with Crippen LogP contribution in [0, 0.1) is 17.8 Å². The van der Waals surface area contributed by atoms with Crippen LogP contribution in [0.1, 0.15) is 36.8 Å². The van der Waals surface area contributed by atoms with Gasteiger partial charge in [-0.1, -0.05) is 0 Å². The number of aromatic nitrogens is 1. The van der Waals surface area contributed by atoms with Crippen LogP contribution in [0.15, 0.2) is 24.4 Å². The third-order valence-corrected chi connectivity index (χ3v) is 4.82. The fourth-order valence-corrected chi connectivity index (χ4v) is 3.49. The lowest BCUT2D eigenvalue weighted by molar-refractivity contribution is -0.123. The molecule has 1 aliphatic rings. The first kappa shape index (κ1) is 16.5. The van der Waals surface area contributed by atoms with Gasteiger partial charge in [0, 0.05) is 17.1 Å². The molecule has 3 N–H and O–H groups in total. The number of piperidine rings is 1. The monoisotopic (exact) mass is 323 g/mol. The quantitative estimate of drug-likeness (QED) is 0.801. The molecule has 2 aromatic rings. The first-order valence-electron chi connectivity index (χ1n) is 8.54. The number of benzene rings is 1. The summed E-state index contributed by atoms with van der Waals surface area (Å²) in [7, 11) is 0. The van der Waals surface area contributed by atoms with Gasteiger partial charge in [0.25, 0.3) is 0 Å².